The predicted molar refractivity (Wildman–Crippen MR) is 84.1 cm³/mol. The van der Waals surface area contributed by atoms with Crippen molar-refractivity contribution in [1.82, 2.24) is 5.32 Å². The first kappa shape index (κ1) is 14.7. The molecule has 0 atom stereocenters. The van der Waals surface area contributed by atoms with Crippen LogP contribution in [-0.2, 0) is 6.54 Å². The Bertz CT molecular complexity index is 384. The average molecular weight is 281 g/mol. The van der Waals surface area contributed by atoms with Crippen molar-refractivity contribution in [2.75, 3.05) is 24.5 Å². The van der Waals surface area contributed by atoms with E-state index in [0.717, 1.165) is 18.1 Å². The van der Waals surface area contributed by atoms with E-state index in [9.17, 15) is 0 Å². The zero-order chi connectivity index (χ0) is 13.5. The van der Waals surface area contributed by atoms with Crippen LogP contribution < -0.4 is 10.2 Å². The fraction of sp³-hybridized carbons (Fsp3) is 0.625. The van der Waals surface area contributed by atoms with E-state index in [2.05, 4.69) is 29.3 Å². The van der Waals surface area contributed by atoms with Gasteiger partial charge in [0.25, 0.3) is 0 Å². The number of anilines is 1. The molecular formula is C16H25ClN2. The molecule has 0 amide bonds. The molecule has 0 spiro atoms. The van der Waals surface area contributed by atoms with E-state index in [0.29, 0.717) is 0 Å². The van der Waals surface area contributed by atoms with Crippen molar-refractivity contribution >= 4 is 17.3 Å². The number of hydrogen-bond acceptors (Lipinski definition) is 2. The minimum absolute atomic E-state index is 0.846. The first-order valence-corrected chi connectivity index (χ1v) is 7.93. The van der Waals surface area contributed by atoms with Gasteiger partial charge in [-0.3, -0.25) is 0 Å². The highest BCUT2D eigenvalue weighted by Gasteiger charge is 2.13. The van der Waals surface area contributed by atoms with Crippen molar-refractivity contribution in [1.29, 1.82) is 0 Å². The van der Waals surface area contributed by atoms with Gasteiger partial charge in [-0.15, -0.1) is 0 Å². The summed E-state index contributed by atoms with van der Waals surface area (Å²) in [5.41, 5.74) is 2.71. The molecule has 1 aromatic carbocycles. The number of halogens is 1. The van der Waals surface area contributed by atoms with E-state index in [-0.39, 0.29) is 0 Å². The lowest BCUT2D eigenvalue weighted by Crippen LogP contribution is -2.26. The van der Waals surface area contributed by atoms with E-state index in [1.807, 2.05) is 6.07 Å². The first-order chi connectivity index (χ1) is 9.31. The zero-order valence-electron chi connectivity index (χ0n) is 11.9. The standard InChI is InChI=1S/C16H25ClN2/c1-2-9-18-13-14-7-8-15(17)12-16(14)19-10-5-3-4-6-11-19/h7-8,12,18H,2-6,9-11,13H2,1H3. The summed E-state index contributed by atoms with van der Waals surface area (Å²) >= 11 is 6.19. The minimum atomic E-state index is 0.846. The lowest BCUT2D eigenvalue weighted by Gasteiger charge is -2.26. The molecule has 1 N–H and O–H groups in total. The summed E-state index contributed by atoms with van der Waals surface area (Å²) in [7, 11) is 0. The maximum Gasteiger partial charge on any atom is 0.0426 e. The molecule has 2 nitrogen and oxygen atoms in total. The van der Waals surface area contributed by atoms with Crippen LogP contribution in [0.25, 0.3) is 0 Å². The Kier molecular flexibility index (Phi) is 5.99. The van der Waals surface area contributed by atoms with Crippen molar-refractivity contribution in [2.24, 2.45) is 0 Å². The van der Waals surface area contributed by atoms with Crippen LogP contribution in [0.4, 0.5) is 5.69 Å². The van der Waals surface area contributed by atoms with Gasteiger partial charge in [0.1, 0.15) is 0 Å². The summed E-state index contributed by atoms with van der Waals surface area (Å²) in [6, 6.07) is 6.31. The Hall–Kier alpha value is -0.730. The summed E-state index contributed by atoms with van der Waals surface area (Å²) in [5, 5.41) is 4.34. The summed E-state index contributed by atoms with van der Waals surface area (Å²) in [6.45, 7) is 6.55. The van der Waals surface area contributed by atoms with Crippen LogP contribution in [0.3, 0.4) is 0 Å². The Morgan fingerprint density at radius 1 is 1.16 bits per heavy atom. The van der Waals surface area contributed by atoms with Gasteiger partial charge in [-0.25, -0.2) is 0 Å². The van der Waals surface area contributed by atoms with E-state index in [4.69, 9.17) is 11.6 Å². The normalized spacial score (nSPS) is 16.4. The molecule has 19 heavy (non-hydrogen) atoms. The number of rotatable bonds is 5. The molecule has 1 aromatic rings. The van der Waals surface area contributed by atoms with Crippen LogP contribution in [0.5, 0.6) is 0 Å². The van der Waals surface area contributed by atoms with Crippen LogP contribution >= 0.6 is 11.6 Å². The molecule has 0 unspecified atom stereocenters. The summed E-state index contributed by atoms with van der Waals surface area (Å²) in [6.07, 6.45) is 6.50. The number of nitrogens with one attached hydrogen (secondary N) is 1. The Labute approximate surface area is 122 Å². The van der Waals surface area contributed by atoms with Gasteiger partial charge in [0.2, 0.25) is 0 Å². The quantitative estimate of drug-likeness (QED) is 0.813. The lowest BCUT2D eigenvalue weighted by atomic mass is 10.1. The second kappa shape index (κ2) is 7.76. The maximum absolute atomic E-state index is 6.19. The summed E-state index contributed by atoms with van der Waals surface area (Å²) < 4.78 is 0. The van der Waals surface area contributed by atoms with Gasteiger partial charge in [-0.05, 0) is 43.5 Å². The van der Waals surface area contributed by atoms with Gasteiger partial charge in [0.15, 0.2) is 0 Å². The predicted octanol–water partition coefficient (Wildman–Crippen LogP) is 4.22. The highest BCUT2D eigenvalue weighted by molar-refractivity contribution is 6.30. The molecule has 0 saturated carbocycles. The average Bonchev–Trinajstić information content (AvgIpc) is 2.69. The molecular weight excluding hydrogens is 256 g/mol. The molecule has 0 aromatic heterocycles. The van der Waals surface area contributed by atoms with E-state index < -0.39 is 0 Å². The first-order valence-electron chi connectivity index (χ1n) is 7.55. The molecule has 0 radical (unpaired) electrons. The number of benzene rings is 1. The lowest BCUT2D eigenvalue weighted by molar-refractivity contribution is 0.671. The number of nitrogens with zero attached hydrogens (tertiary/aromatic N) is 1. The Balaban J connectivity index is 2.13. The molecule has 106 valence electrons. The third-order valence-electron chi connectivity index (χ3n) is 3.74. The van der Waals surface area contributed by atoms with Crippen LogP contribution in [-0.4, -0.2) is 19.6 Å². The van der Waals surface area contributed by atoms with Crippen LogP contribution in [0, 0.1) is 0 Å². The highest BCUT2D eigenvalue weighted by Crippen LogP contribution is 2.27. The van der Waals surface area contributed by atoms with Crippen LogP contribution in [0.15, 0.2) is 18.2 Å². The minimum Gasteiger partial charge on any atom is -0.371 e. The van der Waals surface area contributed by atoms with Gasteiger partial charge in [0.05, 0.1) is 0 Å². The van der Waals surface area contributed by atoms with Crippen LogP contribution in [0.2, 0.25) is 5.02 Å². The third-order valence-corrected chi connectivity index (χ3v) is 3.97. The van der Waals surface area contributed by atoms with Crippen molar-refractivity contribution in [3.05, 3.63) is 28.8 Å². The molecule has 1 aliphatic heterocycles. The maximum atomic E-state index is 6.19. The summed E-state index contributed by atoms with van der Waals surface area (Å²) in [5.74, 6) is 0. The van der Waals surface area contributed by atoms with E-state index in [1.54, 1.807) is 0 Å². The smallest absolute Gasteiger partial charge is 0.0426 e. The molecule has 1 fully saturated rings. The van der Waals surface area contributed by atoms with Gasteiger partial charge in [-0.1, -0.05) is 37.4 Å². The summed E-state index contributed by atoms with van der Waals surface area (Å²) in [4.78, 5) is 2.52. The van der Waals surface area contributed by atoms with Gasteiger partial charge >= 0.3 is 0 Å². The second-order valence-electron chi connectivity index (χ2n) is 5.35. The van der Waals surface area contributed by atoms with Crippen molar-refractivity contribution < 1.29 is 0 Å². The van der Waals surface area contributed by atoms with Gasteiger partial charge in [0, 0.05) is 30.3 Å². The van der Waals surface area contributed by atoms with E-state index in [1.165, 1.54) is 56.4 Å². The van der Waals surface area contributed by atoms with Gasteiger partial charge in [-0.2, -0.15) is 0 Å². The van der Waals surface area contributed by atoms with Crippen LogP contribution in [0.1, 0.15) is 44.6 Å². The number of hydrogen-bond donors (Lipinski definition) is 1. The molecule has 1 aliphatic rings. The topological polar surface area (TPSA) is 15.3 Å². The molecule has 0 aliphatic carbocycles. The second-order valence-corrected chi connectivity index (χ2v) is 5.79. The van der Waals surface area contributed by atoms with Gasteiger partial charge < -0.3 is 10.2 Å². The Morgan fingerprint density at radius 2 is 1.89 bits per heavy atom. The van der Waals surface area contributed by atoms with Crippen molar-refractivity contribution in [3.8, 4) is 0 Å². The monoisotopic (exact) mass is 280 g/mol. The Morgan fingerprint density at radius 3 is 2.58 bits per heavy atom. The van der Waals surface area contributed by atoms with Crippen molar-refractivity contribution in [2.45, 2.75) is 45.6 Å². The molecule has 1 saturated heterocycles. The molecule has 2 rings (SSSR count). The fourth-order valence-electron chi connectivity index (χ4n) is 2.69. The van der Waals surface area contributed by atoms with Crippen molar-refractivity contribution in [3.63, 3.8) is 0 Å². The highest BCUT2D eigenvalue weighted by atomic mass is 35.5. The zero-order valence-corrected chi connectivity index (χ0v) is 12.7. The largest absolute Gasteiger partial charge is 0.371 e. The fourth-order valence-corrected chi connectivity index (χ4v) is 2.86. The van der Waals surface area contributed by atoms with E-state index >= 15 is 0 Å². The third kappa shape index (κ3) is 4.39. The molecule has 1 heterocycles. The molecule has 3 heteroatoms. The molecule has 0 bridgehead atoms. The SMILES string of the molecule is CCCNCc1ccc(Cl)cc1N1CCCCCC1.